The first-order valence-corrected chi connectivity index (χ1v) is 8.65. The monoisotopic (exact) mass is 338 g/mol. The van der Waals surface area contributed by atoms with Gasteiger partial charge in [0.2, 0.25) is 5.91 Å². The summed E-state index contributed by atoms with van der Waals surface area (Å²) in [5.41, 5.74) is 2.87. The molecule has 1 atom stereocenters. The Morgan fingerprint density at radius 2 is 2.20 bits per heavy atom. The number of aliphatic imine (C=N–C) groups is 1. The van der Waals surface area contributed by atoms with Gasteiger partial charge in [-0.1, -0.05) is 0 Å². The molecule has 0 aromatic carbocycles. The van der Waals surface area contributed by atoms with E-state index >= 15 is 0 Å². The first kappa shape index (κ1) is 15.8. The molecule has 0 saturated carbocycles. The third-order valence-electron chi connectivity index (χ3n) is 4.86. The molecule has 0 aliphatic carbocycles. The highest BCUT2D eigenvalue weighted by atomic mass is 16.2. The highest BCUT2D eigenvalue weighted by Gasteiger charge is 2.23. The van der Waals surface area contributed by atoms with Crippen LogP contribution >= 0.6 is 0 Å². The normalized spacial score (nSPS) is 21.7. The molecule has 1 saturated heterocycles. The Balaban J connectivity index is 1.56. The van der Waals surface area contributed by atoms with E-state index in [4.69, 9.17) is 0 Å². The van der Waals surface area contributed by atoms with Crippen LogP contribution in [0.3, 0.4) is 0 Å². The lowest BCUT2D eigenvalue weighted by Crippen LogP contribution is -2.47. The fourth-order valence-electron chi connectivity index (χ4n) is 3.49. The summed E-state index contributed by atoms with van der Waals surface area (Å²) in [4.78, 5) is 28.0. The number of pyridine rings is 1. The highest BCUT2D eigenvalue weighted by molar-refractivity contribution is 5.92. The molecule has 1 unspecified atom stereocenters. The van der Waals surface area contributed by atoms with Gasteiger partial charge < -0.3 is 15.2 Å². The maximum absolute atomic E-state index is 11.6. The quantitative estimate of drug-likeness (QED) is 0.868. The molecule has 0 radical (unpaired) electrons. The fraction of sp³-hybridized carbons (Fsp3) is 0.389. The van der Waals surface area contributed by atoms with E-state index in [0.29, 0.717) is 0 Å². The molecule has 4 heterocycles. The first-order valence-electron chi connectivity index (χ1n) is 8.65. The average Bonchev–Trinajstić information content (AvgIpc) is 2.90. The van der Waals surface area contributed by atoms with Gasteiger partial charge in [-0.2, -0.15) is 0 Å². The predicted octanol–water partition coefficient (Wildman–Crippen LogP) is 1.42. The Morgan fingerprint density at radius 3 is 3.08 bits per heavy atom. The maximum Gasteiger partial charge on any atom is 0.219 e. The molecule has 7 heteroatoms. The Bertz CT molecular complexity index is 839. The van der Waals surface area contributed by atoms with Gasteiger partial charge in [0.1, 0.15) is 11.8 Å². The maximum atomic E-state index is 11.6. The SMILES string of the molecule is CC(=O)N1CCCN(C2C=C(c3c[nH]c4ncccc34)N=CN2)CC1. The third-order valence-corrected chi connectivity index (χ3v) is 4.86. The smallest absolute Gasteiger partial charge is 0.219 e. The molecular formula is C18H22N6O. The summed E-state index contributed by atoms with van der Waals surface area (Å²) < 4.78 is 0. The van der Waals surface area contributed by atoms with Crippen molar-refractivity contribution < 1.29 is 4.79 Å². The van der Waals surface area contributed by atoms with Gasteiger partial charge in [-0.15, -0.1) is 0 Å². The number of H-pyrrole nitrogens is 1. The Labute approximate surface area is 146 Å². The molecule has 130 valence electrons. The number of aromatic nitrogens is 2. The van der Waals surface area contributed by atoms with Crippen molar-refractivity contribution in [3.8, 4) is 0 Å². The standard InChI is InChI=1S/C18H22N6O/c1-13(25)23-6-3-7-24(9-8-23)17-10-16(21-12-22-17)15-11-20-18-14(15)4-2-5-19-18/h2,4-5,10-12,17H,3,6-9H2,1H3,(H,19,20)(H,21,22). The van der Waals surface area contributed by atoms with Crippen LogP contribution in [0.15, 0.2) is 35.6 Å². The second-order valence-corrected chi connectivity index (χ2v) is 6.42. The second kappa shape index (κ2) is 6.68. The summed E-state index contributed by atoms with van der Waals surface area (Å²) in [5, 5.41) is 4.40. The van der Waals surface area contributed by atoms with Crippen molar-refractivity contribution in [1.29, 1.82) is 0 Å². The zero-order valence-corrected chi connectivity index (χ0v) is 14.3. The number of carbonyl (C=O) groups excluding carboxylic acids is 1. The van der Waals surface area contributed by atoms with Gasteiger partial charge in [-0.25, -0.2) is 9.98 Å². The third kappa shape index (κ3) is 3.15. The van der Waals surface area contributed by atoms with Crippen LogP contribution in [0.25, 0.3) is 16.7 Å². The Morgan fingerprint density at radius 1 is 1.28 bits per heavy atom. The predicted molar refractivity (Wildman–Crippen MR) is 97.9 cm³/mol. The van der Waals surface area contributed by atoms with E-state index in [0.717, 1.165) is 54.9 Å². The molecule has 25 heavy (non-hydrogen) atoms. The number of nitrogens with one attached hydrogen (secondary N) is 2. The lowest BCUT2D eigenvalue weighted by Gasteiger charge is -2.30. The van der Waals surface area contributed by atoms with E-state index in [2.05, 4.69) is 37.3 Å². The van der Waals surface area contributed by atoms with E-state index in [1.807, 2.05) is 17.2 Å². The molecule has 0 spiro atoms. The molecule has 4 rings (SSSR count). The molecule has 2 aromatic heterocycles. The molecular weight excluding hydrogens is 316 g/mol. The van der Waals surface area contributed by atoms with Crippen molar-refractivity contribution in [2.45, 2.75) is 19.5 Å². The van der Waals surface area contributed by atoms with Gasteiger partial charge in [-0.05, 0) is 24.6 Å². The van der Waals surface area contributed by atoms with Crippen LogP contribution in [0.4, 0.5) is 0 Å². The second-order valence-electron chi connectivity index (χ2n) is 6.42. The highest BCUT2D eigenvalue weighted by Crippen LogP contribution is 2.26. The van der Waals surface area contributed by atoms with Gasteiger partial charge in [0.15, 0.2) is 0 Å². The minimum Gasteiger partial charge on any atom is -0.357 e. The molecule has 7 nitrogen and oxygen atoms in total. The van der Waals surface area contributed by atoms with E-state index in [1.165, 1.54) is 0 Å². The van der Waals surface area contributed by atoms with Crippen LogP contribution in [-0.4, -0.2) is 64.4 Å². The largest absolute Gasteiger partial charge is 0.357 e. The number of nitrogens with zero attached hydrogens (tertiary/aromatic N) is 4. The van der Waals surface area contributed by atoms with Crippen molar-refractivity contribution in [1.82, 2.24) is 25.1 Å². The van der Waals surface area contributed by atoms with Gasteiger partial charge in [0.25, 0.3) is 0 Å². The fourth-order valence-corrected chi connectivity index (χ4v) is 3.49. The van der Waals surface area contributed by atoms with E-state index in [9.17, 15) is 4.79 Å². The van der Waals surface area contributed by atoms with Crippen molar-refractivity contribution in [3.05, 3.63) is 36.2 Å². The van der Waals surface area contributed by atoms with Gasteiger partial charge >= 0.3 is 0 Å². The number of amides is 1. The molecule has 2 aliphatic rings. The number of fused-ring (bicyclic) bond motifs is 1. The molecule has 1 fully saturated rings. The number of aromatic amines is 1. The minimum absolute atomic E-state index is 0.0843. The van der Waals surface area contributed by atoms with Crippen LogP contribution in [0.2, 0.25) is 0 Å². The van der Waals surface area contributed by atoms with Crippen molar-refractivity contribution in [2.75, 3.05) is 26.2 Å². The number of rotatable bonds is 2. The van der Waals surface area contributed by atoms with Gasteiger partial charge in [-0.3, -0.25) is 9.69 Å². The van der Waals surface area contributed by atoms with Crippen LogP contribution in [0, 0.1) is 0 Å². The first-order chi connectivity index (χ1) is 12.2. The molecule has 2 N–H and O–H groups in total. The summed E-state index contributed by atoms with van der Waals surface area (Å²) in [6.07, 6.45) is 8.73. The summed E-state index contributed by atoms with van der Waals surface area (Å²) in [6.45, 7) is 5.05. The van der Waals surface area contributed by atoms with Crippen LogP contribution in [0.1, 0.15) is 18.9 Å². The lowest BCUT2D eigenvalue weighted by atomic mass is 10.1. The topological polar surface area (TPSA) is 76.6 Å². The Kier molecular flexibility index (Phi) is 4.23. The summed E-state index contributed by atoms with van der Waals surface area (Å²) >= 11 is 0. The van der Waals surface area contributed by atoms with E-state index in [-0.39, 0.29) is 12.1 Å². The average molecular weight is 338 g/mol. The summed E-state index contributed by atoms with van der Waals surface area (Å²) in [7, 11) is 0. The van der Waals surface area contributed by atoms with E-state index < -0.39 is 0 Å². The number of hydrogen-bond acceptors (Lipinski definition) is 5. The van der Waals surface area contributed by atoms with E-state index in [1.54, 1.807) is 19.5 Å². The molecule has 2 aliphatic heterocycles. The van der Waals surface area contributed by atoms with Crippen LogP contribution in [0.5, 0.6) is 0 Å². The Hall–Kier alpha value is -2.67. The molecule has 0 bridgehead atoms. The van der Waals surface area contributed by atoms with Crippen molar-refractivity contribution >= 4 is 29.0 Å². The number of hydrogen-bond donors (Lipinski definition) is 2. The molecule has 1 amide bonds. The van der Waals surface area contributed by atoms with Gasteiger partial charge in [0.05, 0.1) is 12.0 Å². The van der Waals surface area contributed by atoms with Crippen molar-refractivity contribution in [2.24, 2.45) is 4.99 Å². The van der Waals surface area contributed by atoms with Crippen LogP contribution in [-0.2, 0) is 4.79 Å². The van der Waals surface area contributed by atoms with Crippen molar-refractivity contribution in [3.63, 3.8) is 0 Å². The zero-order valence-electron chi connectivity index (χ0n) is 14.3. The minimum atomic E-state index is 0.0843. The lowest BCUT2D eigenvalue weighted by molar-refractivity contribution is -0.128. The van der Waals surface area contributed by atoms with Gasteiger partial charge in [0, 0.05) is 56.4 Å². The summed E-state index contributed by atoms with van der Waals surface area (Å²) in [6, 6.07) is 3.99. The zero-order chi connectivity index (χ0) is 17.2. The molecule has 2 aromatic rings. The van der Waals surface area contributed by atoms with Crippen LogP contribution < -0.4 is 5.32 Å². The summed E-state index contributed by atoms with van der Waals surface area (Å²) in [5.74, 6) is 0.155. The number of carbonyl (C=O) groups is 1.